The molecular weight excluding hydrogens is 456 g/mol. The molecule has 0 radical (unpaired) electrons. The van der Waals surface area contributed by atoms with Crippen LogP contribution in [0, 0.1) is 0 Å². The van der Waals surface area contributed by atoms with Crippen molar-refractivity contribution in [2.75, 3.05) is 33.0 Å². The summed E-state index contributed by atoms with van der Waals surface area (Å²) < 4.78 is 31.3. The highest BCUT2D eigenvalue weighted by molar-refractivity contribution is 5.70. The lowest BCUT2D eigenvalue weighted by Gasteiger charge is -2.13. The predicted molar refractivity (Wildman–Crippen MR) is 123 cm³/mol. The number of carbonyl (C=O) groups is 2. The lowest BCUT2D eigenvalue weighted by Crippen LogP contribution is -2.25. The third kappa shape index (κ3) is 9.56. The number of carbonyl (C=O) groups excluding carboxylic acids is 2. The molecule has 0 spiro atoms. The van der Waals surface area contributed by atoms with Gasteiger partial charge in [0.05, 0.1) is 13.2 Å². The van der Waals surface area contributed by atoms with Gasteiger partial charge in [0.15, 0.2) is 6.61 Å². The van der Waals surface area contributed by atoms with Crippen LogP contribution in [0.5, 0.6) is 11.5 Å². The van der Waals surface area contributed by atoms with Gasteiger partial charge in [0.1, 0.15) is 36.9 Å². The Kier molecular flexibility index (Phi) is 8.94. The number of ether oxygens (including phenoxy) is 6. The second kappa shape index (κ2) is 12.5. The number of esters is 2. The van der Waals surface area contributed by atoms with Gasteiger partial charge in [-0.3, -0.25) is 9.59 Å². The Labute approximate surface area is 203 Å². The molecule has 2 aliphatic rings. The van der Waals surface area contributed by atoms with Gasteiger partial charge in [-0.1, -0.05) is 24.3 Å². The van der Waals surface area contributed by atoms with Gasteiger partial charge in [-0.15, -0.1) is 0 Å². The van der Waals surface area contributed by atoms with Crippen LogP contribution in [0.1, 0.15) is 24.0 Å². The standard InChI is InChI=1S/C26H30O9/c27-24(11-5-18-1-7-20(8-2-18)30-13-22-15-32-22)34-17-26(29)35-25(28)12-6-19-3-9-21(10-4-19)31-14-23-16-33-23/h1-4,7-10,22-23,26,29H,5-6,11-17H2/t22-,23-,26+/m1/s1. The molecule has 0 unspecified atom stereocenters. The molecular formula is C26H30O9. The molecule has 2 aromatic rings. The number of benzene rings is 2. The maximum atomic E-state index is 12.0. The van der Waals surface area contributed by atoms with Crippen LogP contribution in [-0.2, 0) is 41.4 Å². The molecule has 2 fully saturated rings. The van der Waals surface area contributed by atoms with E-state index >= 15 is 0 Å². The predicted octanol–water partition coefficient (Wildman–Crippen LogP) is 2.21. The highest BCUT2D eigenvalue weighted by Gasteiger charge is 2.23. The van der Waals surface area contributed by atoms with Crippen molar-refractivity contribution in [2.24, 2.45) is 0 Å². The Hall–Kier alpha value is -3.14. The Balaban J connectivity index is 1.06. The zero-order valence-electron chi connectivity index (χ0n) is 19.4. The fraction of sp³-hybridized carbons (Fsp3) is 0.462. The van der Waals surface area contributed by atoms with Crippen LogP contribution in [0.25, 0.3) is 0 Å². The molecule has 2 aromatic carbocycles. The summed E-state index contributed by atoms with van der Waals surface area (Å²) in [6.07, 6.45) is 0.0663. The molecule has 3 atom stereocenters. The summed E-state index contributed by atoms with van der Waals surface area (Å²) in [4.78, 5) is 23.9. The summed E-state index contributed by atoms with van der Waals surface area (Å²) in [7, 11) is 0. The molecule has 2 saturated heterocycles. The molecule has 9 heteroatoms. The Morgan fingerprint density at radius 1 is 0.800 bits per heavy atom. The second-order valence-electron chi connectivity index (χ2n) is 8.45. The van der Waals surface area contributed by atoms with Crippen LogP contribution in [-0.4, -0.2) is 68.6 Å². The molecule has 2 heterocycles. The monoisotopic (exact) mass is 486 g/mol. The molecule has 9 nitrogen and oxygen atoms in total. The van der Waals surface area contributed by atoms with Gasteiger partial charge in [-0.25, -0.2) is 0 Å². The molecule has 2 aliphatic heterocycles. The first-order valence-electron chi connectivity index (χ1n) is 11.7. The minimum absolute atomic E-state index is 0.0918. The van der Waals surface area contributed by atoms with Crippen molar-refractivity contribution < 1.29 is 43.1 Å². The molecule has 0 aliphatic carbocycles. The fourth-order valence-corrected chi connectivity index (χ4v) is 3.19. The normalized spacial score (nSPS) is 18.9. The average Bonchev–Trinajstić information content (AvgIpc) is 3.79. The minimum Gasteiger partial charge on any atom is -0.491 e. The Bertz CT molecular complexity index is 950. The number of hydrogen-bond acceptors (Lipinski definition) is 9. The molecule has 0 aromatic heterocycles. The maximum Gasteiger partial charge on any atom is 0.308 e. The lowest BCUT2D eigenvalue weighted by atomic mass is 10.1. The second-order valence-corrected chi connectivity index (χ2v) is 8.45. The number of aliphatic hydroxyl groups is 1. The average molecular weight is 487 g/mol. The van der Waals surface area contributed by atoms with E-state index in [2.05, 4.69) is 0 Å². The van der Waals surface area contributed by atoms with E-state index in [9.17, 15) is 14.7 Å². The van der Waals surface area contributed by atoms with Crippen LogP contribution < -0.4 is 9.47 Å². The number of aliphatic hydroxyl groups excluding tert-OH is 1. The molecule has 4 rings (SSSR count). The largest absolute Gasteiger partial charge is 0.491 e. The quantitative estimate of drug-likeness (QED) is 0.230. The fourth-order valence-electron chi connectivity index (χ4n) is 3.19. The molecule has 0 amide bonds. The van der Waals surface area contributed by atoms with Gasteiger partial charge in [-0.05, 0) is 48.2 Å². The van der Waals surface area contributed by atoms with Crippen molar-refractivity contribution in [1.29, 1.82) is 0 Å². The minimum atomic E-state index is -1.50. The van der Waals surface area contributed by atoms with Gasteiger partial charge in [0.2, 0.25) is 6.29 Å². The van der Waals surface area contributed by atoms with Crippen molar-refractivity contribution in [2.45, 2.75) is 44.2 Å². The Morgan fingerprint density at radius 3 is 1.71 bits per heavy atom. The first-order chi connectivity index (χ1) is 17.0. The summed E-state index contributed by atoms with van der Waals surface area (Å²) in [5.74, 6) is 0.439. The van der Waals surface area contributed by atoms with Gasteiger partial charge in [0.25, 0.3) is 0 Å². The number of rotatable bonds is 15. The molecule has 35 heavy (non-hydrogen) atoms. The van der Waals surface area contributed by atoms with Crippen LogP contribution in [0.2, 0.25) is 0 Å². The summed E-state index contributed by atoms with van der Waals surface area (Å²) in [5.41, 5.74) is 1.90. The van der Waals surface area contributed by atoms with Crippen molar-refractivity contribution in [3.63, 3.8) is 0 Å². The van der Waals surface area contributed by atoms with E-state index in [1.807, 2.05) is 48.5 Å². The van der Waals surface area contributed by atoms with Gasteiger partial charge in [0, 0.05) is 12.8 Å². The summed E-state index contributed by atoms with van der Waals surface area (Å²) in [6, 6.07) is 14.9. The third-order valence-corrected chi connectivity index (χ3v) is 5.41. The summed E-state index contributed by atoms with van der Waals surface area (Å²) >= 11 is 0. The SMILES string of the molecule is O=C(CCc1ccc(OC[C@@H]2CO2)cc1)OC[C@@H](O)OC(=O)CCc1ccc(OC[C@@H]2CO2)cc1. The van der Waals surface area contributed by atoms with E-state index < -0.39 is 24.8 Å². The van der Waals surface area contributed by atoms with E-state index in [1.165, 1.54) is 0 Å². The maximum absolute atomic E-state index is 12.0. The topological polar surface area (TPSA) is 116 Å². The summed E-state index contributed by atoms with van der Waals surface area (Å²) in [6.45, 7) is 2.16. The summed E-state index contributed by atoms with van der Waals surface area (Å²) in [5, 5.41) is 9.85. The highest BCUT2D eigenvalue weighted by Crippen LogP contribution is 2.18. The first-order valence-corrected chi connectivity index (χ1v) is 11.7. The van der Waals surface area contributed by atoms with Crippen molar-refractivity contribution >= 4 is 11.9 Å². The molecule has 0 bridgehead atoms. The Morgan fingerprint density at radius 2 is 1.26 bits per heavy atom. The smallest absolute Gasteiger partial charge is 0.308 e. The van der Waals surface area contributed by atoms with Crippen LogP contribution in [0.3, 0.4) is 0 Å². The van der Waals surface area contributed by atoms with Crippen LogP contribution in [0.4, 0.5) is 0 Å². The highest BCUT2D eigenvalue weighted by atomic mass is 16.7. The van der Waals surface area contributed by atoms with Crippen molar-refractivity contribution in [1.82, 2.24) is 0 Å². The van der Waals surface area contributed by atoms with Crippen molar-refractivity contribution in [3.05, 3.63) is 59.7 Å². The van der Waals surface area contributed by atoms with Gasteiger partial charge in [-0.2, -0.15) is 0 Å². The van der Waals surface area contributed by atoms with Gasteiger partial charge < -0.3 is 33.5 Å². The van der Waals surface area contributed by atoms with Gasteiger partial charge >= 0.3 is 11.9 Å². The third-order valence-electron chi connectivity index (χ3n) is 5.41. The van der Waals surface area contributed by atoms with E-state index in [4.69, 9.17) is 28.4 Å². The lowest BCUT2D eigenvalue weighted by molar-refractivity contribution is -0.182. The zero-order valence-corrected chi connectivity index (χ0v) is 19.4. The molecule has 0 saturated carbocycles. The number of epoxide rings is 2. The number of aryl methyl sites for hydroxylation is 2. The van der Waals surface area contributed by atoms with E-state index in [-0.39, 0.29) is 25.0 Å². The number of hydrogen-bond donors (Lipinski definition) is 1. The van der Waals surface area contributed by atoms with Crippen LogP contribution in [0.15, 0.2) is 48.5 Å². The first kappa shape index (κ1) is 25.0. The zero-order chi connectivity index (χ0) is 24.5. The van der Waals surface area contributed by atoms with E-state index in [0.29, 0.717) is 26.1 Å². The van der Waals surface area contributed by atoms with E-state index in [1.54, 1.807) is 0 Å². The van der Waals surface area contributed by atoms with Crippen LogP contribution >= 0.6 is 0 Å². The molecule has 188 valence electrons. The molecule has 1 N–H and O–H groups in total. The van der Waals surface area contributed by atoms with Crippen molar-refractivity contribution in [3.8, 4) is 11.5 Å². The van der Waals surface area contributed by atoms with E-state index in [0.717, 1.165) is 35.8 Å².